The second-order valence-corrected chi connectivity index (χ2v) is 5.91. The minimum absolute atomic E-state index is 0.163. The molecule has 3 rings (SSSR count). The molecule has 0 saturated carbocycles. The Kier molecular flexibility index (Phi) is 4.62. The Balaban J connectivity index is 1.78. The van der Waals surface area contributed by atoms with E-state index in [1.54, 1.807) is 0 Å². The van der Waals surface area contributed by atoms with E-state index in [0.717, 1.165) is 23.3 Å². The Morgan fingerprint density at radius 3 is 3.00 bits per heavy atom. The van der Waals surface area contributed by atoms with E-state index < -0.39 is 6.43 Å². The molecule has 0 bridgehead atoms. The molecule has 21 heavy (non-hydrogen) atoms. The van der Waals surface area contributed by atoms with E-state index in [4.69, 9.17) is 21.1 Å². The standard InChI is InChI=1S/C15H18ClF2NO2/c16-12-5-10-1-3-21-15(10)11(6-12)8-19-2-4-20-9-13(19)7-14(17)18/h5-6,13-14H,1-4,7-9H2. The average molecular weight is 318 g/mol. The number of alkyl halides is 2. The number of hydrogen-bond acceptors (Lipinski definition) is 3. The van der Waals surface area contributed by atoms with Crippen LogP contribution in [0.5, 0.6) is 5.75 Å². The number of ether oxygens (including phenoxy) is 2. The summed E-state index contributed by atoms with van der Waals surface area (Å²) in [4.78, 5) is 2.04. The van der Waals surface area contributed by atoms with Crippen molar-refractivity contribution < 1.29 is 18.3 Å². The van der Waals surface area contributed by atoms with Crippen LogP contribution in [0.25, 0.3) is 0 Å². The fraction of sp³-hybridized carbons (Fsp3) is 0.600. The van der Waals surface area contributed by atoms with Crippen LogP contribution < -0.4 is 4.74 Å². The van der Waals surface area contributed by atoms with Crippen LogP contribution in [0.2, 0.25) is 5.02 Å². The Morgan fingerprint density at radius 2 is 2.19 bits per heavy atom. The largest absolute Gasteiger partial charge is 0.493 e. The Bertz CT molecular complexity index is 513. The van der Waals surface area contributed by atoms with Gasteiger partial charge in [-0.05, 0) is 17.7 Å². The Morgan fingerprint density at radius 1 is 1.33 bits per heavy atom. The Hall–Kier alpha value is -0.910. The zero-order valence-electron chi connectivity index (χ0n) is 11.7. The van der Waals surface area contributed by atoms with Crippen LogP contribution in [0.4, 0.5) is 8.78 Å². The van der Waals surface area contributed by atoms with Gasteiger partial charge in [0.25, 0.3) is 0 Å². The van der Waals surface area contributed by atoms with Gasteiger partial charge in [-0.15, -0.1) is 0 Å². The average Bonchev–Trinajstić information content (AvgIpc) is 2.88. The van der Waals surface area contributed by atoms with Gasteiger partial charge in [0, 0.05) is 42.6 Å². The van der Waals surface area contributed by atoms with Crippen LogP contribution in [-0.4, -0.2) is 43.7 Å². The molecule has 1 aromatic carbocycles. The van der Waals surface area contributed by atoms with Crippen molar-refractivity contribution in [3.8, 4) is 5.75 Å². The molecule has 0 aliphatic carbocycles. The maximum atomic E-state index is 12.7. The number of nitrogens with zero attached hydrogens (tertiary/aromatic N) is 1. The molecule has 1 saturated heterocycles. The molecule has 2 aliphatic rings. The lowest BCUT2D eigenvalue weighted by molar-refractivity contribution is -0.0348. The maximum Gasteiger partial charge on any atom is 0.240 e. The van der Waals surface area contributed by atoms with E-state index in [-0.39, 0.29) is 12.5 Å². The molecule has 2 aliphatic heterocycles. The van der Waals surface area contributed by atoms with Gasteiger partial charge >= 0.3 is 0 Å². The minimum atomic E-state index is -2.32. The van der Waals surface area contributed by atoms with E-state index >= 15 is 0 Å². The van der Waals surface area contributed by atoms with E-state index in [1.165, 1.54) is 0 Å². The van der Waals surface area contributed by atoms with Crippen molar-refractivity contribution in [3.63, 3.8) is 0 Å². The summed E-state index contributed by atoms with van der Waals surface area (Å²) in [6.07, 6.45) is -1.63. The first-order valence-electron chi connectivity index (χ1n) is 7.17. The van der Waals surface area contributed by atoms with Crippen molar-refractivity contribution in [3.05, 3.63) is 28.3 Å². The van der Waals surface area contributed by atoms with Gasteiger partial charge in [0.1, 0.15) is 5.75 Å². The summed E-state index contributed by atoms with van der Waals surface area (Å²) in [5, 5.41) is 0.674. The predicted molar refractivity (Wildman–Crippen MR) is 76.3 cm³/mol. The summed E-state index contributed by atoms with van der Waals surface area (Å²) in [6.45, 7) is 2.81. The summed E-state index contributed by atoms with van der Waals surface area (Å²) >= 11 is 6.15. The highest BCUT2D eigenvalue weighted by Crippen LogP contribution is 2.34. The molecular formula is C15H18ClF2NO2. The molecule has 1 atom stereocenters. The third kappa shape index (κ3) is 3.47. The first-order chi connectivity index (χ1) is 10.1. The van der Waals surface area contributed by atoms with Gasteiger partial charge in [-0.25, -0.2) is 8.78 Å². The van der Waals surface area contributed by atoms with E-state index in [0.29, 0.717) is 37.9 Å². The molecule has 3 nitrogen and oxygen atoms in total. The molecule has 0 spiro atoms. The van der Waals surface area contributed by atoms with Crippen molar-refractivity contribution >= 4 is 11.6 Å². The first-order valence-corrected chi connectivity index (χ1v) is 7.55. The minimum Gasteiger partial charge on any atom is -0.493 e. The summed E-state index contributed by atoms with van der Waals surface area (Å²) in [5.41, 5.74) is 2.09. The molecule has 1 fully saturated rings. The number of morpholine rings is 1. The molecule has 6 heteroatoms. The second kappa shape index (κ2) is 6.46. The van der Waals surface area contributed by atoms with Gasteiger partial charge < -0.3 is 9.47 Å². The SMILES string of the molecule is FC(F)CC1COCCN1Cc1cc(Cl)cc2c1OCC2. The highest BCUT2D eigenvalue weighted by molar-refractivity contribution is 6.30. The molecule has 1 aromatic rings. The lowest BCUT2D eigenvalue weighted by atomic mass is 10.1. The summed E-state index contributed by atoms with van der Waals surface area (Å²) in [6, 6.07) is 3.54. The second-order valence-electron chi connectivity index (χ2n) is 5.48. The van der Waals surface area contributed by atoms with Gasteiger partial charge in [-0.2, -0.15) is 0 Å². The first kappa shape index (κ1) is 15.0. The number of fused-ring (bicyclic) bond motifs is 1. The number of benzene rings is 1. The van der Waals surface area contributed by atoms with Crippen LogP contribution in [0.1, 0.15) is 17.5 Å². The fourth-order valence-corrected chi connectivity index (χ4v) is 3.27. The van der Waals surface area contributed by atoms with Crippen LogP contribution in [0.15, 0.2) is 12.1 Å². The molecule has 0 N–H and O–H groups in total. The predicted octanol–water partition coefficient (Wildman–Crippen LogP) is 3.13. The van der Waals surface area contributed by atoms with Gasteiger partial charge in [0.15, 0.2) is 0 Å². The van der Waals surface area contributed by atoms with Gasteiger partial charge in [0.2, 0.25) is 6.43 Å². The monoisotopic (exact) mass is 317 g/mol. The number of halogens is 3. The van der Waals surface area contributed by atoms with Crippen molar-refractivity contribution in [1.29, 1.82) is 0 Å². The van der Waals surface area contributed by atoms with Gasteiger partial charge in [-0.1, -0.05) is 11.6 Å². The number of hydrogen-bond donors (Lipinski definition) is 0. The quantitative estimate of drug-likeness (QED) is 0.851. The van der Waals surface area contributed by atoms with Crippen molar-refractivity contribution in [2.24, 2.45) is 0 Å². The summed E-state index contributed by atoms with van der Waals surface area (Å²) in [5.74, 6) is 0.877. The highest BCUT2D eigenvalue weighted by Gasteiger charge is 2.28. The molecular weight excluding hydrogens is 300 g/mol. The third-order valence-electron chi connectivity index (χ3n) is 4.00. The van der Waals surface area contributed by atoms with Gasteiger partial charge in [0.05, 0.1) is 19.8 Å². The topological polar surface area (TPSA) is 21.7 Å². The molecule has 2 heterocycles. The molecule has 0 amide bonds. The highest BCUT2D eigenvalue weighted by atomic mass is 35.5. The smallest absolute Gasteiger partial charge is 0.240 e. The normalized spacial score (nSPS) is 22.4. The van der Waals surface area contributed by atoms with E-state index in [1.807, 2.05) is 17.0 Å². The van der Waals surface area contributed by atoms with Crippen molar-refractivity contribution in [2.75, 3.05) is 26.4 Å². The van der Waals surface area contributed by atoms with Crippen molar-refractivity contribution in [2.45, 2.75) is 31.9 Å². The van der Waals surface area contributed by atoms with E-state index in [2.05, 4.69) is 0 Å². The molecule has 116 valence electrons. The van der Waals surface area contributed by atoms with Crippen LogP contribution in [0, 0.1) is 0 Å². The lowest BCUT2D eigenvalue weighted by Gasteiger charge is -2.35. The van der Waals surface area contributed by atoms with Crippen LogP contribution >= 0.6 is 11.6 Å². The maximum absolute atomic E-state index is 12.7. The van der Waals surface area contributed by atoms with E-state index in [9.17, 15) is 8.78 Å². The zero-order valence-corrected chi connectivity index (χ0v) is 12.4. The van der Waals surface area contributed by atoms with Crippen molar-refractivity contribution in [1.82, 2.24) is 4.90 Å². The molecule has 0 aromatic heterocycles. The summed E-state index contributed by atoms with van der Waals surface area (Å²) in [7, 11) is 0. The fourth-order valence-electron chi connectivity index (χ4n) is 3.00. The Labute approximate surface area is 127 Å². The summed E-state index contributed by atoms with van der Waals surface area (Å²) < 4.78 is 36.4. The van der Waals surface area contributed by atoms with Crippen LogP contribution in [-0.2, 0) is 17.7 Å². The molecule has 0 radical (unpaired) electrons. The van der Waals surface area contributed by atoms with Crippen LogP contribution in [0.3, 0.4) is 0 Å². The lowest BCUT2D eigenvalue weighted by Crippen LogP contribution is -2.45. The number of rotatable bonds is 4. The molecule has 1 unspecified atom stereocenters. The van der Waals surface area contributed by atoms with Gasteiger partial charge in [-0.3, -0.25) is 4.90 Å². The third-order valence-corrected chi connectivity index (χ3v) is 4.22. The zero-order chi connectivity index (χ0) is 14.8.